The molecule has 102 valence electrons. The van der Waals surface area contributed by atoms with Crippen LogP contribution in [0.2, 0.25) is 0 Å². The van der Waals surface area contributed by atoms with Crippen molar-refractivity contribution in [1.82, 2.24) is 5.32 Å². The van der Waals surface area contributed by atoms with Gasteiger partial charge in [0.15, 0.2) is 0 Å². The van der Waals surface area contributed by atoms with Crippen LogP contribution in [0.5, 0.6) is 0 Å². The Bertz CT molecular complexity index is 450. The Morgan fingerprint density at radius 2 is 1.95 bits per heavy atom. The first kappa shape index (κ1) is 15.2. The zero-order valence-corrected chi connectivity index (χ0v) is 10.8. The van der Waals surface area contributed by atoms with Crippen molar-refractivity contribution in [3.05, 3.63) is 35.9 Å². The predicted molar refractivity (Wildman–Crippen MR) is 70.0 cm³/mol. The summed E-state index contributed by atoms with van der Waals surface area (Å²) in [6.07, 6.45) is 0.302. The van der Waals surface area contributed by atoms with Gasteiger partial charge in [-0.15, -0.1) is 0 Å². The molecule has 0 aliphatic carbocycles. The number of nitriles is 1. The van der Waals surface area contributed by atoms with Crippen LogP contribution in [-0.2, 0) is 11.2 Å². The number of rotatable bonds is 6. The van der Waals surface area contributed by atoms with Crippen LogP contribution in [-0.4, -0.2) is 34.9 Å². The summed E-state index contributed by atoms with van der Waals surface area (Å²) in [6.45, 7) is 0.735. The fourth-order valence-electron chi connectivity index (χ4n) is 1.56. The molecule has 0 radical (unpaired) electrons. The van der Waals surface area contributed by atoms with Gasteiger partial charge in [-0.1, -0.05) is 30.3 Å². The van der Waals surface area contributed by atoms with E-state index < -0.39 is 30.6 Å². The lowest BCUT2D eigenvalue weighted by Crippen LogP contribution is -2.53. The molecule has 0 saturated carbocycles. The largest absolute Gasteiger partial charge is 0.394 e. The van der Waals surface area contributed by atoms with Gasteiger partial charge in [0.25, 0.3) is 0 Å². The summed E-state index contributed by atoms with van der Waals surface area (Å²) in [6, 6.07) is 11.2. The Kier molecular flexibility index (Phi) is 5.49. The first-order chi connectivity index (χ1) is 9.04. The number of nitrogens with zero attached hydrogens (tertiary/aromatic N) is 1. The van der Waals surface area contributed by atoms with Gasteiger partial charge in [0, 0.05) is 0 Å². The summed E-state index contributed by atoms with van der Waals surface area (Å²) in [5, 5.41) is 29.8. The average molecular weight is 262 g/mol. The van der Waals surface area contributed by atoms with Crippen LogP contribution in [0.3, 0.4) is 0 Å². The number of nitrogens with one attached hydrogen (secondary N) is 1. The molecule has 0 saturated heterocycles. The van der Waals surface area contributed by atoms with E-state index in [0.29, 0.717) is 6.42 Å². The number of aliphatic hydroxyl groups excluding tert-OH is 2. The van der Waals surface area contributed by atoms with Crippen LogP contribution in [0, 0.1) is 17.2 Å². The van der Waals surface area contributed by atoms with Gasteiger partial charge in [0.05, 0.1) is 24.8 Å². The Balaban J connectivity index is 2.71. The van der Waals surface area contributed by atoms with Crippen LogP contribution in [0.1, 0.15) is 12.5 Å². The number of hydrogen-bond donors (Lipinski definition) is 3. The zero-order valence-electron chi connectivity index (χ0n) is 10.8. The molecule has 19 heavy (non-hydrogen) atoms. The van der Waals surface area contributed by atoms with Gasteiger partial charge < -0.3 is 15.5 Å². The molecule has 5 nitrogen and oxygen atoms in total. The maximum absolute atomic E-state index is 12.0. The summed E-state index contributed by atoms with van der Waals surface area (Å²) in [7, 11) is 0. The van der Waals surface area contributed by atoms with Crippen molar-refractivity contribution in [1.29, 1.82) is 5.26 Å². The molecule has 0 bridgehead atoms. The Morgan fingerprint density at radius 3 is 2.42 bits per heavy atom. The third-order valence-corrected chi connectivity index (χ3v) is 2.88. The highest BCUT2D eigenvalue weighted by Gasteiger charge is 2.28. The third-order valence-electron chi connectivity index (χ3n) is 2.88. The van der Waals surface area contributed by atoms with E-state index in [0.717, 1.165) is 5.56 Å². The first-order valence-corrected chi connectivity index (χ1v) is 6.02. The molecule has 0 fully saturated rings. The molecule has 0 aliphatic rings. The Morgan fingerprint density at radius 1 is 1.37 bits per heavy atom. The van der Waals surface area contributed by atoms with Gasteiger partial charge in [-0.25, -0.2) is 0 Å². The maximum atomic E-state index is 12.0. The van der Waals surface area contributed by atoms with Crippen LogP contribution in [0.25, 0.3) is 0 Å². The minimum Gasteiger partial charge on any atom is -0.394 e. The molecule has 1 atom stereocenters. The van der Waals surface area contributed by atoms with Gasteiger partial charge in [-0.3, -0.25) is 4.79 Å². The van der Waals surface area contributed by atoms with E-state index in [1.165, 1.54) is 6.92 Å². The summed E-state index contributed by atoms with van der Waals surface area (Å²) in [5.74, 6) is -1.34. The van der Waals surface area contributed by atoms with Gasteiger partial charge in [-0.05, 0) is 18.9 Å². The van der Waals surface area contributed by atoms with Crippen LogP contribution >= 0.6 is 0 Å². The number of aliphatic hydroxyl groups is 2. The highest BCUT2D eigenvalue weighted by molar-refractivity contribution is 5.82. The van der Waals surface area contributed by atoms with Crippen LogP contribution < -0.4 is 5.32 Å². The second-order valence-electron chi connectivity index (χ2n) is 4.74. The number of carbonyl (C=O) groups excluding carboxylic acids is 1. The van der Waals surface area contributed by atoms with E-state index in [1.807, 2.05) is 36.4 Å². The SMILES string of the molecule is CC(CO)(CO)NC(=O)C(C#N)Cc1ccccc1. The van der Waals surface area contributed by atoms with E-state index in [9.17, 15) is 4.79 Å². The summed E-state index contributed by atoms with van der Waals surface area (Å²) in [5.41, 5.74) is -0.220. The fraction of sp³-hybridized carbons (Fsp3) is 0.429. The highest BCUT2D eigenvalue weighted by atomic mass is 16.3. The molecule has 0 aromatic heterocycles. The van der Waals surface area contributed by atoms with Crippen molar-refractivity contribution in [3.63, 3.8) is 0 Å². The molecule has 0 aliphatic heterocycles. The quantitative estimate of drug-likeness (QED) is 0.684. The second-order valence-corrected chi connectivity index (χ2v) is 4.74. The van der Waals surface area contributed by atoms with E-state index >= 15 is 0 Å². The van der Waals surface area contributed by atoms with Crippen molar-refractivity contribution >= 4 is 5.91 Å². The zero-order chi connectivity index (χ0) is 14.3. The summed E-state index contributed by atoms with van der Waals surface area (Å²) < 4.78 is 0. The lowest BCUT2D eigenvalue weighted by Gasteiger charge is -2.27. The molecule has 1 rings (SSSR count). The number of benzene rings is 1. The number of amides is 1. The minimum atomic E-state index is -1.11. The molecule has 5 heteroatoms. The molecular formula is C14H18N2O3. The molecule has 0 spiro atoms. The average Bonchev–Trinajstić information content (AvgIpc) is 2.45. The normalized spacial score (nSPS) is 12.5. The van der Waals surface area contributed by atoms with E-state index in [-0.39, 0.29) is 0 Å². The summed E-state index contributed by atoms with van der Waals surface area (Å²) in [4.78, 5) is 12.0. The fourth-order valence-corrected chi connectivity index (χ4v) is 1.56. The lowest BCUT2D eigenvalue weighted by atomic mass is 9.97. The maximum Gasteiger partial charge on any atom is 0.238 e. The third kappa shape index (κ3) is 4.36. The van der Waals surface area contributed by atoms with E-state index in [2.05, 4.69) is 5.32 Å². The van der Waals surface area contributed by atoms with Gasteiger partial charge in [0.2, 0.25) is 5.91 Å². The van der Waals surface area contributed by atoms with Crippen molar-refractivity contribution in [2.24, 2.45) is 5.92 Å². The summed E-state index contributed by atoms with van der Waals surface area (Å²) >= 11 is 0. The topological polar surface area (TPSA) is 93.3 Å². The molecule has 1 aromatic carbocycles. The van der Waals surface area contributed by atoms with Gasteiger partial charge >= 0.3 is 0 Å². The predicted octanol–water partition coefficient (Wildman–Crippen LogP) is 0.228. The molecule has 1 aromatic rings. The molecule has 1 unspecified atom stereocenters. The van der Waals surface area contributed by atoms with Gasteiger partial charge in [-0.2, -0.15) is 5.26 Å². The highest BCUT2D eigenvalue weighted by Crippen LogP contribution is 2.10. The van der Waals surface area contributed by atoms with E-state index in [1.54, 1.807) is 0 Å². The minimum absolute atomic E-state index is 0.302. The molecule has 0 heterocycles. The second kappa shape index (κ2) is 6.88. The Hall–Kier alpha value is -1.90. The lowest BCUT2D eigenvalue weighted by molar-refractivity contribution is -0.126. The van der Waals surface area contributed by atoms with E-state index in [4.69, 9.17) is 15.5 Å². The van der Waals surface area contributed by atoms with Gasteiger partial charge in [0.1, 0.15) is 5.92 Å². The molecule has 1 amide bonds. The van der Waals surface area contributed by atoms with Crippen molar-refractivity contribution in [3.8, 4) is 6.07 Å². The monoisotopic (exact) mass is 262 g/mol. The van der Waals surface area contributed by atoms with Crippen molar-refractivity contribution in [2.75, 3.05) is 13.2 Å². The van der Waals surface area contributed by atoms with Crippen molar-refractivity contribution in [2.45, 2.75) is 18.9 Å². The standard InChI is InChI=1S/C14H18N2O3/c1-14(9-17,10-18)16-13(19)12(8-15)7-11-5-3-2-4-6-11/h2-6,12,17-18H,7,9-10H2,1H3,(H,16,19). The van der Waals surface area contributed by atoms with Crippen LogP contribution in [0.15, 0.2) is 30.3 Å². The molecular weight excluding hydrogens is 244 g/mol. The smallest absolute Gasteiger partial charge is 0.238 e. The number of hydrogen-bond acceptors (Lipinski definition) is 4. The van der Waals surface area contributed by atoms with Crippen molar-refractivity contribution < 1.29 is 15.0 Å². The Labute approximate surface area is 112 Å². The first-order valence-electron chi connectivity index (χ1n) is 6.02. The number of carbonyl (C=O) groups is 1. The van der Waals surface area contributed by atoms with Crippen LogP contribution in [0.4, 0.5) is 0 Å². The molecule has 3 N–H and O–H groups in total.